The summed E-state index contributed by atoms with van der Waals surface area (Å²) in [6, 6.07) is 10.7. The Morgan fingerprint density at radius 3 is 2.65 bits per heavy atom. The van der Waals surface area contributed by atoms with Gasteiger partial charge in [-0.15, -0.1) is 0 Å². The van der Waals surface area contributed by atoms with Crippen molar-refractivity contribution in [2.24, 2.45) is 0 Å². The minimum atomic E-state index is -0.697. The maximum atomic E-state index is 10.9. The predicted octanol–water partition coefficient (Wildman–Crippen LogP) is 2.93. The van der Waals surface area contributed by atoms with E-state index in [1.54, 1.807) is 6.20 Å². The molecule has 0 bridgehead atoms. The second kappa shape index (κ2) is 5.15. The Hall–Kier alpha value is -1.45. The normalized spacial score (nSPS) is 19.6. The highest BCUT2D eigenvalue weighted by Gasteiger charge is 2.34. The molecule has 1 aliphatic rings. The quantitative estimate of drug-likeness (QED) is 0.911. The third-order valence-corrected chi connectivity index (χ3v) is 4.50. The van der Waals surface area contributed by atoms with Crippen LogP contribution in [0.5, 0.6) is 0 Å². The molecule has 1 aromatic carbocycles. The van der Waals surface area contributed by atoms with Gasteiger partial charge in [-0.05, 0) is 44.4 Å². The highest BCUT2D eigenvalue weighted by Crippen LogP contribution is 2.34. The van der Waals surface area contributed by atoms with E-state index in [1.807, 2.05) is 12.1 Å². The molecule has 0 unspecified atom stereocenters. The van der Waals surface area contributed by atoms with Crippen LogP contribution in [0.4, 0.5) is 0 Å². The molecule has 106 valence electrons. The van der Waals surface area contributed by atoms with Crippen LogP contribution in [-0.2, 0) is 5.60 Å². The summed E-state index contributed by atoms with van der Waals surface area (Å²) < 4.78 is 0. The largest absolute Gasteiger partial charge is 0.385 e. The minimum Gasteiger partial charge on any atom is -0.385 e. The monoisotopic (exact) mass is 270 g/mol. The number of aromatic nitrogens is 1. The molecule has 0 atom stereocenters. The summed E-state index contributed by atoms with van der Waals surface area (Å²) in [5.74, 6) is 0. The third kappa shape index (κ3) is 2.43. The van der Waals surface area contributed by atoms with E-state index in [0.29, 0.717) is 6.04 Å². The van der Waals surface area contributed by atoms with Crippen molar-refractivity contribution in [3.63, 3.8) is 0 Å². The van der Waals surface area contributed by atoms with E-state index in [0.717, 1.165) is 42.4 Å². The van der Waals surface area contributed by atoms with Crippen LogP contribution in [0, 0.1) is 0 Å². The summed E-state index contributed by atoms with van der Waals surface area (Å²) >= 11 is 0. The first-order valence-electron chi connectivity index (χ1n) is 7.40. The number of hydrogen-bond acceptors (Lipinski definition) is 3. The highest BCUT2D eigenvalue weighted by atomic mass is 16.3. The molecule has 0 aliphatic carbocycles. The maximum Gasteiger partial charge on any atom is 0.0921 e. The smallest absolute Gasteiger partial charge is 0.0921 e. The van der Waals surface area contributed by atoms with Crippen LogP contribution in [-0.4, -0.2) is 34.1 Å². The van der Waals surface area contributed by atoms with Crippen LogP contribution < -0.4 is 0 Å². The zero-order valence-corrected chi connectivity index (χ0v) is 12.2. The van der Waals surface area contributed by atoms with Crippen LogP contribution in [0.25, 0.3) is 10.9 Å². The molecular weight excluding hydrogens is 248 g/mol. The average molecular weight is 270 g/mol. The number of benzene rings is 1. The fourth-order valence-electron chi connectivity index (χ4n) is 3.05. The lowest BCUT2D eigenvalue weighted by molar-refractivity contribution is -0.0323. The van der Waals surface area contributed by atoms with Gasteiger partial charge >= 0.3 is 0 Å². The first-order chi connectivity index (χ1) is 9.58. The fourth-order valence-corrected chi connectivity index (χ4v) is 3.05. The van der Waals surface area contributed by atoms with E-state index in [1.165, 1.54) is 0 Å². The number of nitrogens with zero attached hydrogens (tertiary/aromatic N) is 2. The Morgan fingerprint density at radius 2 is 1.95 bits per heavy atom. The molecule has 0 amide bonds. The Balaban J connectivity index is 1.87. The van der Waals surface area contributed by atoms with Crippen LogP contribution >= 0.6 is 0 Å². The van der Waals surface area contributed by atoms with E-state index in [9.17, 15) is 5.11 Å². The molecule has 2 heterocycles. The van der Waals surface area contributed by atoms with Crippen LogP contribution in [0.15, 0.2) is 36.5 Å². The SMILES string of the molecule is CC(C)N1CCC(O)(c2ccc3cccnc3c2)CC1. The summed E-state index contributed by atoms with van der Waals surface area (Å²) in [7, 11) is 0. The van der Waals surface area contributed by atoms with Crippen molar-refractivity contribution in [2.45, 2.75) is 38.3 Å². The summed E-state index contributed by atoms with van der Waals surface area (Å²) in [5.41, 5.74) is 1.27. The molecule has 1 N–H and O–H groups in total. The topological polar surface area (TPSA) is 36.4 Å². The van der Waals surface area contributed by atoms with Crippen molar-refractivity contribution in [3.8, 4) is 0 Å². The lowest BCUT2D eigenvalue weighted by atomic mass is 9.83. The van der Waals surface area contributed by atoms with E-state index in [2.05, 4.69) is 41.9 Å². The molecule has 20 heavy (non-hydrogen) atoms. The molecule has 1 aromatic heterocycles. The molecular formula is C17H22N2O. The fraction of sp³-hybridized carbons (Fsp3) is 0.471. The molecule has 3 rings (SSSR count). The molecule has 1 saturated heterocycles. The first-order valence-corrected chi connectivity index (χ1v) is 7.40. The summed E-state index contributed by atoms with van der Waals surface area (Å²) in [4.78, 5) is 6.81. The molecule has 2 aromatic rings. The Bertz CT molecular complexity index is 601. The van der Waals surface area contributed by atoms with Gasteiger partial charge in [0, 0.05) is 30.7 Å². The standard InChI is InChI=1S/C17H22N2O/c1-13(2)19-10-7-17(20,8-11-19)15-6-5-14-4-3-9-18-16(14)12-15/h3-6,9,12-13,20H,7-8,10-11H2,1-2H3. The van der Waals surface area contributed by atoms with Gasteiger partial charge in [0.15, 0.2) is 0 Å². The average Bonchev–Trinajstić information content (AvgIpc) is 2.47. The molecule has 3 nitrogen and oxygen atoms in total. The molecule has 3 heteroatoms. The molecule has 0 spiro atoms. The van der Waals surface area contributed by atoms with Crippen molar-refractivity contribution in [3.05, 3.63) is 42.1 Å². The number of rotatable bonds is 2. The van der Waals surface area contributed by atoms with Gasteiger partial charge in [-0.25, -0.2) is 0 Å². The number of piperidine rings is 1. The van der Waals surface area contributed by atoms with Gasteiger partial charge in [-0.1, -0.05) is 18.2 Å². The predicted molar refractivity (Wildman–Crippen MR) is 81.6 cm³/mol. The van der Waals surface area contributed by atoms with Gasteiger partial charge in [0.1, 0.15) is 0 Å². The summed E-state index contributed by atoms with van der Waals surface area (Å²) in [6.07, 6.45) is 3.39. The summed E-state index contributed by atoms with van der Waals surface area (Å²) in [6.45, 7) is 6.33. The van der Waals surface area contributed by atoms with E-state index in [-0.39, 0.29) is 0 Å². The van der Waals surface area contributed by atoms with E-state index < -0.39 is 5.60 Å². The van der Waals surface area contributed by atoms with Crippen LogP contribution in [0.1, 0.15) is 32.3 Å². The minimum absolute atomic E-state index is 0.554. The van der Waals surface area contributed by atoms with Crippen molar-refractivity contribution in [1.82, 2.24) is 9.88 Å². The second-order valence-electron chi connectivity index (χ2n) is 6.07. The maximum absolute atomic E-state index is 10.9. The van der Waals surface area contributed by atoms with Crippen molar-refractivity contribution in [2.75, 3.05) is 13.1 Å². The zero-order chi connectivity index (χ0) is 14.2. The Labute approximate surface area is 120 Å². The van der Waals surface area contributed by atoms with Crippen LogP contribution in [0.3, 0.4) is 0 Å². The number of fused-ring (bicyclic) bond motifs is 1. The van der Waals surface area contributed by atoms with Crippen LogP contribution in [0.2, 0.25) is 0 Å². The Kier molecular flexibility index (Phi) is 3.48. The van der Waals surface area contributed by atoms with E-state index >= 15 is 0 Å². The lowest BCUT2D eigenvalue weighted by Crippen LogP contribution is -2.45. The molecule has 1 aliphatic heterocycles. The van der Waals surface area contributed by atoms with Crippen molar-refractivity contribution < 1.29 is 5.11 Å². The van der Waals surface area contributed by atoms with Gasteiger partial charge in [0.25, 0.3) is 0 Å². The number of likely N-dealkylation sites (tertiary alicyclic amines) is 1. The Morgan fingerprint density at radius 1 is 1.20 bits per heavy atom. The van der Waals surface area contributed by atoms with Crippen molar-refractivity contribution >= 4 is 10.9 Å². The number of hydrogen-bond donors (Lipinski definition) is 1. The summed E-state index contributed by atoms with van der Waals surface area (Å²) in [5, 5.41) is 12.1. The van der Waals surface area contributed by atoms with Gasteiger partial charge < -0.3 is 10.0 Å². The first kappa shape index (κ1) is 13.5. The van der Waals surface area contributed by atoms with E-state index in [4.69, 9.17) is 0 Å². The lowest BCUT2D eigenvalue weighted by Gasteiger charge is -2.40. The number of aliphatic hydroxyl groups is 1. The van der Waals surface area contributed by atoms with Gasteiger partial charge in [-0.2, -0.15) is 0 Å². The molecule has 0 saturated carbocycles. The molecule has 1 fully saturated rings. The molecule has 0 radical (unpaired) electrons. The van der Waals surface area contributed by atoms with Gasteiger partial charge in [0.2, 0.25) is 0 Å². The van der Waals surface area contributed by atoms with Gasteiger partial charge in [0.05, 0.1) is 11.1 Å². The van der Waals surface area contributed by atoms with Gasteiger partial charge in [-0.3, -0.25) is 4.98 Å². The zero-order valence-electron chi connectivity index (χ0n) is 12.2. The second-order valence-corrected chi connectivity index (χ2v) is 6.07. The van der Waals surface area contributed by atoms with Crippen molar-refractivity contribution in [1.29, 1.82) is 0 Å². The third-order valence-electron chi connectivity index (χ3n) is 4.50. The number of pyridine rings is 1. The highest BCUT2D eigenvalue weighted by molar-refractivity contribution is 5.79.